The molecule has 22 heavy (non-hydrogen) atoms. The summed E-state index contributed by atoms with van der Waals surface area (Å²) in [6, 6.07) is 4.75. The standard InChI is InChI=1S/C12H15F3N2O2S2.ClH/c13-12(14,15)20-10-1-3-11(4-2-10)21(18,19)17-7-5-9(16)6-8-17;/h1-4,9H,5-8,16H2;1H. The first-order valence-corrected chi connectivity index (χ1v) is 8.56. The number of piperidine rings is 1. The van der Waals surface area contributed by atoms with Gasteiger partial charge in [0.25, 0.3) is 0 Å². The van der Waals surface area contributed by atoms with Gasteiger partial charge in [-0.25, -0.2) is 8.42 Å². The minimum Gasteiger partial charge on any atom is -0.328 e. The zero-order chi connectivity index (χ0) is 15.7. The molecule has 0 aromatic heterocycles. The Morgan fingerprint density at radius 3 is 2.09 bits per heavy atom. The Morgan fingerprint density at radius 2 is 1.64 bits per heavy atom. The van der Waals surface area contributed by atoms with Crippen molar-refractivity contribution in [2.24, 2.45) is 5.73 Å². The van der Waals surface area contributed by atoms with Crippen LogP contribution in [0.5, 0.6) is 0 Å². The second kappa shape index (κ2) is 7.39. The van der Waals surface area contributed by atoms with Crippen molar-refractivity contribution in [3.63, 3.8) is 0 Å². The molecule has 1 saturated heterocycles. The number of thioether (sulfide) groups is 1. The number of benzene rings is 1. The Morgan fingerprint density at radius 1 is 1.14 bits per heavy atom. The van der Waals surface area contributed by atoms with Crippen molar-refractivity contribution in [3.8, 4) is 0 Å². The minimum absolute atomic E-state index is 0. The molecular weight excluding hydrogens is 361 g/mol. The molecule has 0 aliphatic carbocycles. The second-order valence-electron chi connectivity index (χ2n) is 4.76. The van der Waals surface area contributed by atoms with E-state index in [1.807, 2.05) is 0 Å². The van der Waals surface area contributed by atoms with Crippen LogP contribution < -0.4 is 5.73 Å². The van der Waals surface area contributed by atoms with Crippen LogP contribution in [0.3, 0.4) is 0 Å². The summed E-state index contributed by atoms with van der Waals surface area (Å²) in [5.74, 6) is 0. The van der Waals surface area contributed by atoms with Crippen molar-refractivity contribution in [1.82, 2.24) is 4.31 Å². The van der Waals surface area contributed by atoms with Crippen molar-refractivity contribution in [2.75, 3.05) is 13.1 Å². The predicted octanol–water partition coefficient (Wildman–Crippen LogP) is 2.83. The summed E-state index contributed by atoms with van der Waals surface area (Å²) in [7, 11) is -3.66. The lowest BCUT2D eigenvalue weighted by atomic mass is 10.1. The van der Waals surface area contributed by atoms with Crippen molar-refractivity contribution in [3.05, 3.63) is 24.3 Å². The normalized spacial score (nSPS) is 18.0. The first-order valence-electron chi connectivity index (χ1n) is 6.30. The topological polar surface area (TPSA) is 63.4 Å². The molecule has 1 heterocycles. The van der Waals surface area contributed by atoms with Gasteiger partial charge < -0.3 is 5.73 Å². The number of alkyl halides is 3. The number of sulfonamides is 1. The molecule has 0 radical (unpaired) electrons. The molecule has 2 rings (SSSR count). The van der Waals surface area contributed by atoms with Crippen LogP contribution in [0.1, 0.15) is 12.8 Å². The van der Waals surface area contributed by atoms with E-state index in [0.717, 1.165) is 0 Å². The van der Waals surface area contributed by atoms with Gasteiger partial charge in [-0.15, -0.1) is 12.4 Å². The molecule has 0 bridgehead atoms. The van der Waals surface area contributed by atoms with Crippen LogP contribution in [-0.4, -0.2) is 37.4 Å². The zero-order valence-corrected chi connectivity index (χ0v) is 13.9. The van der Waals surface area contributed by atoms with E-state index in [0.29, 0.717) is 25.9 Å². The lowest BCUT2D eigenvalue weighted by Crippen LogP contribution is -2.42. The number of rotatable bonds is 3. The fourth-order valence-corrected chi connectivity index (χ4v) is 4.09. The van der Waals surface area contributed by atoms with Gasteiger partial charge in [0.1, 0.15) is 0 Å². The molecule has 10 heteroatoms. The van der Waals surface area contributed by atoms with Crippen LogP contribution in [-0.2, 0) is 10.0 Å². The van der Waals surface area contributed by atoms with Crippen LogP contribution in [0, 0.1) is 0 Å². The van der Waals surface area contributed by atoms with Gasteiger partial charge in [-0.3, -0.25) is 0 Å². The summed E-state index contributed by atoms with van der Waals surface area (Å²) in [5, 5.41) is 0. The van der Waals surface area contributed by atoms with Crippen molar-refractivity contribution in [1.29, 1.82) is 0 Å². The molecule has 4 nitrogen and oxygen atoms in total. The van der Waals surface area contributed by atoms with Gasteiger partial charge in [0.15, 0.2) is 0 Å². The molecule has 1 aromatic carbocycles. The molecule has 0 unspecified atom stereocenters. The summed E-state index contributed by atoms with van der Waals surface area (Å²) in [6.45, 7) is 0.672. The maximum Gasteiger partial charge on any atom is 0.446 e. The molecule has 1 fully saturated rings. The van der Waals surface area contributed by atoms with Gasteiger partial charge >= 0.3 is 5.51 Å². The van der Waals surface area contributed by atoms with E-state index in [-0.39, 0.29) is 40.0 Å². The van der Waals surface area contributed by atoms with E-state index in [1.165, 1.54) is 28.6 Å². The molecule has 0 atom stereocenters. The third kappa shape index (κ3) is 5.02. The lowest BCUT2D eigenvalue weighted by Gasteiger charge is -2.29. The summed E-state index contributed by atoms with van der Waals surface area (Å²) in [4.78, 5) is -0.0355. The van der Waals surface area contributed by atoms with Gasteiger partial charge in [0.05, 0.1) is 4.90 Å². The summed E-state index contributed by atoms with van der Waals surface area (Å²) in [5.41, 5.74) is 1.34. The number of hydrogen-bond acceptors (Lipinski definition) is 4. The van der Waals surface area contributed by atoms with Crippen LogP contribution in [0.25, 0.3) is 0 Å². The molecule has 2 N–H and O–H groups in total. The summed E-state index contributed by atoms with van der Waals surface area (Å²) in [6.07, 6.45) is 1.17. The van der Waals surface area contributed by atoms with Gasteiger partial charge in [-0.2, -0.15) is 17.5 Å². The Balaban J connectivity index is 0.00000242. The average molecular weight is 377 g/mol. The van der Waals surface area contributed by atoms with Crippen molar-refractivity contribution < 1.29 is 21.6 Å². The Hall–Kier alpha value is -0.480. The Kier molecular flexibility index (Phi) is 6.58. The number of halogens is 4. The molecular formula is C12H16ClF3N2O2S2. The van der Waals surface area contributed by atoms with Gasteiger partial charge in [-0.1, -0.05) is 0 Å². The van der Waals surface area contributed by atoms with Crippen LogP contribution >= 0.6 is 24.2 Å². The minimum atomic E-state index is -4.39. The van der Waals surface area contributed by atoms with Crippen LogP contribution in [0.4, 0.5) is 13.2 Å². The third-order valence-electron chi connectivity index (χ3n) is 3.19. The molecule has 0 saturated carbocycles. The van der Waals surface area contributed by atoms with E-state index in [1.54, 1.807) is 0 Å². The van der Waals surface area contributed by atoms with Gasteiger partial charge in [0.2, 0.25) is 10.0 Å². The monoisotopic (exact) mass is 376 g/mol. The highest BCUT2D eigenvalue weighted by Crippen LogP contribution is 2.37. The smallest absolute Gasteiger partial charge is 0.328 e. The summed E-state index contributed by atoms with van der Waals surface area (Å²) >= 11 is -0.269. The predicted molar refractivity (Wildman–Crippen MR) is 81.6 cm³/mol. The SMILES string of the molecule is Cl.NC1CCN(S(=O)(=O)c2ccc(SC(F)(F)F)cc2)CC1. The van der Waals surface area contributed by atoms with Gasteiger partial charge in [0, 0.05) is 24.0 Å². The number of hydrogen-bond donors (Lipinski definition) is 1. The van der Waals surface area contributed by atoms with Gasteiger partial charge in [-0.05, 0) is 48.9 Å². The first kappa shape index (κ1) is 19.6. The fourth-order valence-electron chi connectivity index (χ4n) is 2.08. The zero-order valence-electron chi connectivity index (χ0n) is 11.4. The maximum atomic E-state index is 12.3. The van der Waals surface area contributed by atoms with E-state index < -0.39 is 15.5 Å². The van der Waals surface area contributed by atoms with E-state index in [9.17, 15) is 21.6 Å². The molecule has 0 amide bonds. The highest BCUT2D eigenvalue weighted by molar-refractivity contribution is 8.00. The molecule has 1 aliphatic rings. The second-order valence-corrected chi connectivity index (χ2v) is 7.84. The van der Waals surface area contributed by atoms with Crippen molar-refractivity contribution in [2.45, 2.75) is 34.2 Å². The average Bonchev–Trinajstić information content (AvgIpc) is 2.38. The maximum absolute atomic E-state index is 12.3. The third-order valence-corrected chi connectivity index (χ3v) is 5.85. The largest absolute Gasteiger partial charge is 0.446 e. The van der Waals surface area contributed by atoms with E-state index in [4.69, 9.17) is 5.73 Å². The van der Waals surface area contributed by atoms with Crippen LogP contribution in [0.15, 0.2) is 34.1 Å². The van der Waals surface area contributed by atoms with E-state index >= 15 is 0 Å². The highest BCUT2D eigenvalue weighted by Gasteiger charge is 2.30. The number of nitrogens with two attached hydrogens (primary N) is 1. The molecule has 126 valence electrons. The Labute approximate surface area is 137 Å². The highest BCUT2D eigenvalue weighted by atomic mass is 35.5. The number of nitrogens with zero attached hydrogens (tertiary/aromatic N) is 1. The van der Waals surface area contributed by atoms with Crippen LogP contribution in [0.2, 0.25) is 0 Å². The fraction of sp³-hybridized carbons (Fsp3) is 0.500. The quantitative estimate of drug-likeness (QED) is 0.824. The van der Waals surface area contributed by atoms with E-state index in [2.05, 4.69) is 0 Å². The first-order chi connectivity index (χ1) is 9.68. The molecule has 0 spiro atoms. The Bertz CT molecular complexity index is 585. The molecule has 1 aromatic rings. The lowest BCUT2D eigenvalue weighted by molar-refractivity contribution is -0.0328. The molecule has 1 aliphatic heterocycles. The van der Waals surface area contributed by atoms with Crippen molar-refractivity contribution >= 4 is 34.2 Å². The summed E-state index contributed by atoms with van der Waals surface area (Å²) < 4.78 is 62.7.